The Morgan fingerprint density at radius 3 is 2.84 bits per heavy atom. The summed E-state index contributed by atoms with van der Waals surface area (Å²) in [4.78, 5) is 27.4. The number of anilines is 1. The van der Waals surface area contributed by atoms with E-state index in [1.807, 2.05) is 32.0 Å². The minimum absolute atomic E-state index is 0.0790. The van der Waals surface area contributed by atoms with Crippen molar-refractivity contribution in [3.05, 3.63) is 51.1 Å². The molecule has 0 spiro atoms. The maximum absolute atomic E-state index is 13.1. The second-order valence-corrected chi connectivity index (χ2v) is 9.52. The third-order valence-corrected chi connectivity index (χ3v) is 7.39. The van der Waals surface area contributed by atoms with E-state index in [4.69, 9.17) is 9.15 Å². The van der Waals surface area contributed by atoms with Crippen LogP contribution in [0.4, 0.5) is 5.00 Å². The minimum atomic E-state index is -0.320. The van der Waals surface area contributed by atoms with E-state index in [2.05, 4.69) is 10.6 Å². The second-order valence-electron chi connectivity index (χ2n) is 8.42. The lowest BCUT2D eigenvalue weighted by molar-refractivity contribution is 0.0858. The molecule has 1 fully saturated rings. The van der Waals surface area contributed by atoms with Crippen LogP contribution in [-0.2, 0) is 17.6 Å². The smallest absolute Gasteiger partial charge is 0.292 e. The SMILES string of the molecule is Cc1ccc2oc(C(=O)Nc3sc4c(c3C(=O)NC[C@H]3CCCO3)CCC4)c(C)c2c1. The molecule has 7 heteroatoms. The van der Waals surface area contributed by atoms with E-state index in [1.54, 1.807) is 0 Å². The fraction of sp³-hybridized carbons (Fsp3) is 0.417. The Balaban J connectivity index is 1.41. The molecular weight excluding hydrogens is 412 g/mol. The number of carbonyl (C=O) groups excluding carboxylic acids is 2. The van der Waals surface area contributed by atoms with Crippen molar-refractivity contribution in [1.29, 1.82) is 0 Å². The first-order valence-electron chi connectivity index (χ1n) is 10.9. The van der Waals surface area contributed by atoms with Crippen molar-refractivity contribution in [1.82, 2.24) is 5.32 Å². The monoisotopic (exact) mass is 438 g/mol. The van der Waals surface area contributed by atoms with Crippen LogP contribution in [0.1, 0.15) is 61.7 Å². The Labute approximate surface area is 185 Å². The van der Waals surface area contributed by atoms with Crippen LogP contribution in [0, 0.1) is 13.8 Å². The highest BCUT2D eigenvalue weighted by Crippen LogP contribution is 2.39. The molecule has 31 heavy (non-hydrogen) atoms. The molecule has 2 aliphatic rings. The van der Waals surface area contributed by atoms with Gasteiger partial charge in [-0.2, -0.15) is 0 Å². The van der Waals surface area contributed by atoms with E-state index >= 15 is 0 Å². The van der Waals surface area contributed by atoms with Crippen molar-refractivity contribution in [2.45, 2.75) is 52.1 Å². The summed E-state index contributed by atoms with van der Waals surface area (Å²) in [5.41, 5.74) is 4.29. The summed E-state index contributed by atoms with van der Waals surface area (Å²) in [5, 5.41) is 7.54. The molecule has 2 amide bonds. The number of nitrogens with one attached hydrogen (secondary N) is 2. The van der Waals surface area contributed by atoms with Gasteiger partial charge in [-0.25, -0.2) is 0 Å². The molecule has 5 rings (SSSR count). The van der Waals surface area contributed by atoms with Gasteiger partial charge < -0.3 is 19.8 Å². The van der Waals surface area contributed by atoms with Crippen LogP contribution in [-0.4, -0.2) is 31.1 Å². The van der Waals surface area contributed by atoms with Crippen LogP contribution >= 0.6 is 11.3 Å². The molecular formula is C24H26N2O4S. The number of rotatable bonds is 5. The van der Waals surface area contributed by atoms with Gasteiger partial charge in [0, 0.05) is 29.0 Å². The van der Waals surface area contributed by atoms with Gasteiger partial charge in [0.1, 0.15) is 10.6 Å². The molecule has 2 aromatic heterocycles. The lowest BCUT2D eigenvalue weighted by atomic mass is 10.1. The fourth-order valence-corrected chi connectivity index (χ4v) is 5.83. The quantitative estimate of drug-likeness (QED) is 0.602. The van der Waals surface area contributed by atoms with E-state index in [1.165, 1.54) is 16.2 Å². The van der Waals surface area contributed by atoms with Crippen molar-refractivity contribution in [3.63, 3.8) is 0 Å². The molecule has 0 bridgehead atoms. The van der Waals surface area contributed by atoms with Crippen molar-refractivity contribution in [2.24, 2.45) is 0 Å². The van der Waals surface area contributed by atoms with Crippen LogP contribution in [0.3, 0.4) is 0 Å². The zero-order valence-corrected chi connectivity index (χ0v) is 18.6. The predicted octanol–water partition coefficient (Wildman–Crippen LogP) is 4.76. The average molecular weight is 439 g/mol. The molecule has 1 saturated heterocycles. The number of fused-ring (bicyclic) bond motifs is 2. The second kappa shape index (κ2) is 8.13. The number of thiophene rings is 1. The summed E-state index contributed by atoms with van der Waals surface area (Å²) in [6.45, 7) is 5.16. The van der Waals surface area contributed by atoms with Gasteiger partial charge in [-0.3, -0.25) is 9.59 Å². The zero-order valence-electron chi connectivity index (χ0n) is 17.8. The van der Waals surface area contributed by atoms with Gasteiger partial charge in [0.05, 0.1) is 11.7 Å². The first-order valence-corrected chi connectivity index (χ1v) is 11.7. The highest BCUT2D eigenvalue weighted by molar-refractivity contribution is 7.17. The molecule has 1 atom stereocenters. The summed E-state index contributed by atoms with van der Waals surface area (Å²) in [5.74, 6) is -0.165. The standard InChI is InChI=1S/C24H26N2O4S/c1-13-8-9-18-17(11-13)14(2)21(30-18)23(28)26-24-20(16-6-3-7-19(16)31-24)22(27)25-12-15-5-4-10-29-15/h8-9,11,15H,3-7,10,12H2,1-2H3,(H,25,27)(H,26,28)/t15-/m1/s1. The Morgan fingerprint density at radius 1 is 1.16 bits per heavy atom. The number of hydrogen-bond donors (Lipinski definition) is 2. The lowest BCUT2D eigenvalue weighted by Gasteiger charge is -2.12. The van der Waals surface area contributed by atoms with Crippen LogP contribution in [0.2, 0.25) is 0 Å². The molecule has 3 aromatic rings. The Bertz CT molecular complexity index is 1170. The topological polar surface area (TPSA) is 80.6 Å². The van der Waals surface area contributed by atoms with Crippen LogP contribution in [0.25, 0.3) is 11.0 Å². The number of furan rings is 1. The summed E-state index contributed by atoms with van der Waals surface area (Å²) >= 11 is 1.51. The van der Waals surface area contributed by atoms with Gasteiger partial charge in [-0.05, 0) is 63.6 Å². The summed E-state index contributed by atoms with van der Waals surface area (Å²) < 4.78 is 11.5. The number of benzene rings is 1. The third kappa shape index (κ3) is 3.77. The Morgan fingerprint density at radius 2 is 2.03 bits per heavy atom. The number of ether oxygens (including phenoxy) is 1. The molecule has 1 aromatic carbocycles. The third-order valence-electron chi connectivity index (χ3n) is 6.19. The Kier molecular flexibility index (Phi) is 5.32. The zero-order chi connectivity index (χ0) is 21.5. The average Bonchev–Trinajstić information content (AvgIpc) is 3.51. The molecule has 1 aliphatic carbocycles. The number of carbonyl (C=O) groups is 2. The van der Waals surface area contributed by atoms with Crippen LogP contribution < -0.4 is 10.6 Å². The first-order chi connectivity index (χ1) is 15.0. The summed E-state index contributed by atoms with van der Waals surface area (Å²) in [6.07, 6.45) is 4.94. The van der Waals surface area contributed by atoms with Crippen molar-refractivity contribution in [3.8, 4) is 0 Å². The molecule has 0 radical (unpaired) electrons. The van der Waals surface area contributed by atoms with Gasteiger partial charge in [0.25, 0.3) is 11.8 Å². The normalized spacial score (nSPS) is 17.8. The number of aryl methyl sites for hydroxylation is 3. The van der Waals surface area contributed by atoms with Gasteiger partial charge in [-0.1, -0.05) is 11.6 Å². The maximum Gasteiger partial charge on any atom is 0.292 e. The van der Waals surface area contributed by atoms with E-state index < -0.39 is 0 Å². The van der Waals surface area contributed by atoms with E-state index in [9.17, 15) is 9.59 Å². The Hall–Kier alpha value is -2.64. The minimum Gasteiger partial charge on any atom is -0.451 e. The van der Waals surface area contributed by atoms with Crippen molar-refractivity contribution >= 4 is 39.1 Å². The van der Waals surface area contributed by atoms with E-state index in [0.717, 1.165) is 60.8 Å². The molecule has 0 unspecified atom stereocenters. The largest absolute Gasteiger partial charge is 0.451 e. The molecule has 2 N–H and O–H groups in total. The summed E-state index contributed by atoms with van der Waals surface area (Å²) in [7, 11) is 0. The predicted molar refractivity (Wildman–Crippen MR) is 121 cm³/mol. The van der Waals surface area contributed by atoms with Gasteiger partial charge in [0.15, 0.2) is 5.76 Å². The van der Waals surface area contributed by atoms with Crippen LogP contribution in [0.5, 0.6) is 0 Å². The number of amides is 2. The molecule has 6 nitrogen and oxygen atoms in total. The van der Waals surface area contributed by atoms with Gasteiger partial charge >= 0.3 is 0 Å². The molecule has 1 aliphatic heterocycles. The van der Waals surface area contributed by atoms with Gasteiger partial charge in [-0.15, -0.1) is 11.3 Å². The maximum atomic E-state index is 13.1. The fourth-order valence-electron chi connectivity index (χ4n) is 4.54. The highest BCUT2D eigenvalue weighted by atomic mass is 32.1. The van der Waals surface area contributed by atoms with Crippen LogP contribution in [0.15, 0.2) is 22.6 Å². The van der Waals surface area contributed by atoms with Gasteiger partial charge in [0.2, 0.25) is 0 Å². The van der Waals surface area contributed by atoms with Crippen molar-refractivity contribution < 1.29 is 18.7 Å². The van der Waals surface area contributed by atoms with E-state index in [-0.39, 0.29) is 17.9 Å². The van der Waals surface area contributed by atoms with E-state index in [0.29, 0.717) is 28.5 Å². The lowest BCUT2D eigenvalue weighted by Crippen LogP contribution is -2.32. The molecule has 3 heterocycles. The number of hydrogen-bond acceptors (Lipinski definition) is 5. The highest BCUT2D eigenvalue weighted by Gasteiger charge is 2.29. The van der Waals surface area contributed by atoms with Crippen molar-refractivity contribution in [2.75, 3.05) is 18.5 Å². The molecule has 0 saturated carbocycles. The first kappa shape index (κ1) is 20.3. The molecule has 162 valence electrons. The summed E-state index contributed by atoms with van der Waals surface area (Å²) in [6, 6.07) is 5.87.